The van der Waals surface area contributed by atoms with Gasteiger partial charge in [-0.1, -0.05) is 18.2 Å². The van der Waals surface area contributed by atoms with Crippen LogP contribution < -0.4 is 15.0 Å². The van der Waals surface area contributed by atoms with E-state index in [4.69, 9.17) is 4.74 Å². The average Bonchev–Trinajstić information content (AvgIpc) is 3.37. The Kier molecular flexibility index (Phi) is 7.46. The van der Waals surface area contributed by atoms with Crippen molar-refractivity contribution in [3.05, 3.63) is 82.9 Å². The molecule has 1 atom stereocenters. The Balaban J connectivity index is 1.30. The molecule has 3 aromatic carbocycles. The second-order valence-electron chi connectivity index (χ2n) is 10.2. The molecule has 204 valence electrons. The van der Waals surface area contributed by atoms with E-state index in [1.807, 2.05) is 37.3 Å². The molecule has 2 amide bonds. The molecule has 9 heteroatoms. The fourth-order valence-electron chi connectivity index (χ4n) is 5.30. The molecule has 0 unspecified atom stereocenters. The van der Waals surface area contributed by atoms with Gasteiger partial charge in [-0.3, -0.25) is 9.59 Å². The lowest BCUT2D eigenvalue weighted by Crippen LogP contribution is -2.43. The molecule has 1 saturated heterocycles. The van der Waals surface area contributed by atoms with Gasteiger partial charge in [0, 0.05) is 36.6 Å². The lowest BCUT2D eigenvalue weighted by molar-refractivity contribution is -0.120. The van der Waals surface area contributed by atoms with Gasteiger partial charge in [0.2, 0.25) is 15.9 Å². The van der Waals surface area contributed by atoms with Gasteiger partial charge in [-0.25, -0.2) is 8.42 Å². The van der Waals surface area contributed by atoms with Crippen LogP contribution >= 0.6 is 0 Å². The molecule has 2 heterocycles. The number of methoxy groups -OCH3 is 1. The molecule has 8 nitrogen and oxygen atoms in total. The molecule has 3 aromatic rings. The summed E-state index contributed by atoms with van der Waals surface area (Å²) in [6, 6.07) is 18.0. The SMILES string of the molecule is COc1ccc(C(=O)N2CCc3ccc(NC(=O)[C@H]4CCCN(S(=O)(=O)c5cc(C)ccc5C)C4)cc32)cc1. The molecule has 39 heavy (non-hydrogen) atoms. The Bertz CT molecular complexity index is 1520. The van der Waals surface area contributed by atoms with Gasteiger partial charge in [0.25, 0.3) is 5.91 Å². The van der Waals surface area contributed by atoms with Crippen molar-refractivity contribution >= 4 is 33.2 Å². The number of sulfonamides is 1. The van der Waals surface area contributed by atoms with E-state index < -0.39 is 15.9 Å². The van der Waals surface area contributed by atoms with Crippen LogP contribution in [-0.4, -0.2) is 51.3 Å². The molecule has 0 spiro atoms. The fraction of sp³-hybridized carbons (Fsp3) is 0.333. The summed E-state index contributed by atoms with van der Waals surface area (Å²) in [4.78, 5) is 28.5. The highest BCUT2D eigenvalue weighted by Gasteiger charge is 2.34. The van der Waals surface area contributed by atoms with Crippen molar-refractivity contribution in [2.24, 2.45) is 5.92 Å². The first-order valence-electron chi connectivity index (χ1n) is 13.1. The molecular formula is C30H33N3O5S. The third kappa shape index (κ3) is 5.42. The van der Waals surface area contributed by atoms with E-state index >= 15 is 0 Å². The number of benzene rings is 3. The summed E-state index contributed by atoms with van der Waals surface area (Å²) in [6.45, 7) is 4.74. The maximum absolute atomic E-state index is 13.4. The lowest BCUT2D eigenvalue weighted by atomic mass is 9.98. The standard InChI is InChI=1S/C30H33N3O5S/c1-20-6-7-21(2)28(17-20)39(36,37)32-15-4-5-24(19-32)29(34)31-25-11-8-22-14-16-33(27(22)18-25)30(35)23-9-12-26(38-3)13-10-23/h6-13,17-18,24H,4-5,14-16,19H2,1-3H3,(H,31,34)/t24-/m0/s1. The van der Waals surface area contributed by atoms with E-state index in [1.165, 1.54) is 4.31 Å². The quantitative estimate of drug-likeness (QED) is 0.488. The minimum absolute atomic E-state index is 0.112. The third-order valence-corrected chi connectivity index (χ3v) is 9.55. The van der Waals surface area contributed by atoms with Crippen molar-refractivity contribution in [2.75, 3.05) is 37.0 Å². The van der Waals surface area contributed by atoms with Crippen LogP contribution in [0.3, 0.4) is 0 Å². The largest absolute Gasteiger partial charge is 0.497 e. The van der Waals surface area contributed by atoms with Gasteiger partial charge in [-0.2, -0.15) is 4.31 Å². The van der Waals surface area contributed by atoms with Gasteiger partial charge in [0.15, 0.2) is 0 Å². The monoisotopic (exact) mass is 547 g/mol. The van der Waals surface area contributed by atoms with Crippen molar-refractivity contribution in [1.82, 2.24) is 4.31 Å². The summed E-state index contributed by atoms with van der Waals surface area (Å²) in [5, 5.41) is 2.97. The molecule has 1 fully saturated rings. The van der Waals surface area contributed by atoms with E-state index in [2.05, 4.69) is 5.32 Å². The Morgan fingerprint density at radius 2 is 1.74 bits per heavy atom. The minimum atomic E-state index is -3.71. The van der Waals surface area contributed by atoms with Crippen molar-refractivity contribution < 1.29 is 22.7 Å². The van der Waals surface area contributed by atoms with Crippen molar-refractivity contribution in [3.63, 3.8) is 0 Å². The molecule has 0 bridgehead atoms. The highest BCUT2D eigenvalue weighted by atomic mass is 32.2. The van der Waals surface area contributed by atoms with Crippen molar-refractivity contribution in [2.45, 2.75) is 38.0 Å². The Hall–Kier alpha value is -3.69. The predicted molar refractivity (Wildman–Crippen MR) is 151 cm³/mol. The maximum Gasteiger partial charge on any atom is 0.258 e. The van der Waals surface area contributed by atoms with E-state index in [-0.39, 0.29) is 18.4 Å². The van der Waals surface area contributed by atoms with E-state index in [1.54, 1.807) is 49.3 Å². The van der Waals surface area contributed by atoms with Crippen LogP contribution in [0.2, 0.25) is 0 Å². The summed E-state index contributed by atoms with van der Waals surface area (Å²) in [6.07, 6.45) is 1.95. The number of amides is 2. The fourth-order valence-corrected chi connectivity index (χ4v) is 7.13. The molecule has 0 aliphatic carbocycles. The zero-order valence-corrected chi connectivity index (χ0v) is 23.3. The topological polar surface area (TPSA) is 96.0 Å². The number of fused-ring (bicyclic) bond motifs is 1. The number of ether oxygens (including phenoxy) is 1. The van der Waals surface area contributed by atoms with Crippen molar-refractivity contribution in [1.29, 1.82) is 0 Å². The molecule has 0 radical (unpaired) electrons. The first-order valence-corrected chi connectivity index (χ1v) is 14.6. The molecular weight excluding hydrogens is 514 g/mol. The van der Waals surface area contributed by atoms with Crippen LogP contribution in [0.5, 0.6) is 5.75 Å². The normalized spacial score (nSPS) is 17.5. The number of hydrogen-bond acceptors (Lipinski definition) is 5. The number of nitrogens with zero attached hydrogens (tertiary/aromatic N) is 2. The van der Waals surface area contributed by atoms with Crippen LogP contribution in [0.4, 0.5) is 11.4 Å². The number of nitrogens with one attached hydrogen (secondary N) is 1. The lowest BCUT2D eigenvalue weighted by Gasteiger charge is -2.31. The van der Waals surface area contributed by atoms with Gasteiger partial charge >= 0.3 is 0 Å². The highest BCUT2D eigenvalue weighted by molar-refractivity contribution is 7.89. The van der Waals surface area contributed by atoms with Gasteiger partial charge in [-0.15, -0.1) is 0 Å². The molecule has 0 saturated carbocycles. The second kappa shape index (κ2) is 10.8. The zero-order chi connectivity index (χ0) is 27.7. The van der Waals surface area contributed by atoms with Crippen LogP contribution in [0.15, 0.2) is 65.6 Å². The molecule has 2 aliphatic heterocycles. The van der Waals surface area contributed by atoms with Gasteiger partial charge in [0.1, 0.15) is 5.75 Å². The molecule has 0 aromatic heterocycles. The smallest absolute Gasteiger partial charge is 0.258 e. The van der Waals surface area contributed by atoms with E-state index in [0.717, 1.165) is 23.2 Å². The summed E-state index contributed by atoms with van der Waals surface area (Å²) in [5.41, 5.74) is 4.53. The van der Waals surface area contributed by atoms with Crippen molar-refractivity contribution in [3.8, 4) is 5.75 Å². The number of anilines is 2. The first-order chi connectivity index (χ1) is 18.7. The first kappa shape index (κ1) is 26.9. The van der Waals surface area contributed by atoms with E-state index in [0.29, 0.717) is 53.4 Å². The van der Waals surface area contributed by atoms with Gasteiger partial charge < -0.3 is 15.0 Å². The number of rotatable bonds is 6. The van der Waals surface area contributed by atoms with Crippen LogP contribution in [0.25, 0.3) is 0 Å². The number of aryl methyl sites for hydroxylation is 2. The number of carbonyl (C=O) groups excluding carboxylic acids is 2. The summed E-state index contributed by atoms with van der Waals surface area (Å²) in [7, 11) is -2.13. The Morgan fingerprint density at radius 3 is 2.49 bits per heavy atom. The predicted octanol–water partition coefficient (Wildman–Crippen LogP) is 4.55. The van der Waals surface area contributed by atoms with Crippen LogP contribution in [0, 0.1) is 19.8 Å². The Labute approximate surface area is 229 Å². The van der Waals surface area contributed by atoms with Gasteiger partial charge in [-0.05, 0) is 92.3 Å². The second-order valence-corrected chi connectivity index (χ2v) is 12.1. The maximum atomic E-state index is 13.4. The number of carbonyl (C=O) groups is 2. The molecule has 2 aliphatic rings. The van der Waals surface area contributed by atoms with E-state index in [9.17, 15) is 18.0 Å². The van der Waals surface area contributed by atoms with Crippen LogP contribution in [0.1, 0.15) is 39.9 Å². The average molecular weight is 548 g/mol. The summed E-state index contributed by atoms with van der Waals surface area (Å²) in [5.74, 6) is -0.119. The summed E-state index contributed by atoms with van der Waals surface area (Å²) >= 11 is 0. The third-order valence-electron chi connectivity index (χ3n) is 7.55. The minimum Gasteiger partial charge on any atom is -0.497 e. The number of hydrogen-bond donors (Lipinski definition) is 1. The Morgan fingerprint density at radius 1 is 0.974 bits per heavy atom. The molecule has 1 N–H and O–H groups in total. The molecule has 5 rings (SSSR count). The van der Waals surface area contributed by atoms with Crippen LogP contribution in [-0.2, 0) is 21.2 Å². The summed E-state index contributed by atoms with van der Waals surface area (Å²) < 4.78 is 33.5. The van der Waals surface area contributed by atoms with Gasteiger partial charge in [0.05, 0.1) is 17.9 Å². The highest BCUT2D eigenvalue weighted by Crippen LogP contribution is 2.33. The number of piperidine rings is 1. The zero-order valence-electron chi connectivity index (χ0n) is 22.4.